The molecule has 1 aliphatic heterocycles. The number of morpholine rings is 1. The number of hydrogen-bond donors (Lipinski definition) is 1. The highest BCUT2D eigenvalue weighted by atomic mass is 16.6. The largest absolute Gasteiger partial charge is 0.445 e. The second kappa shape index (κ2) is 7.09. The van der Waals surface area contributed by atoms with Gasteiger partial charge >= 0.3 is 6.09 Å². The molecule has 2 aromatic heterocycles. The Morgan fingerprint density at radius 1 is 1.38 bits per heavy atom. The molecule has 1 N–H and O–H groups in total. The second-order valence-electron chi connectivity index (χ2n) is 6.23. The summed E-state index contributed by atoms with van der Waals surface area (Å²) in [5, 5.41) is 0. The number of nitrogens with one attached hydrogen (secondary N) is 1. The Hall–Kier alpha value is -3.00. The van der Waals surface area contributed by atoms with Crippen molar-refractivity contribution in [1.29, 1.82) is 0 Å². The maximum absolute atomic E-state index is 12.4. The molecule has 0 spiro atoms. The van der Waals surface area contributed by atoms with E-state index in [0.29, 0.717) is 31.2 Å². The summed E-state index contributed by atoms with van der Waals surface area (Å²) in [6.07, 6.45) is 2.42. The van der Waals surface area contributed by atoms with Crippen LogP contribution in [-0.4, -0.2) is 50.6 Å². The summed E-state index contributed by atoms with van der Waals surface area (Å²) in [5.41, 5.74) is 3.46. The van der Waals surface area contributed by atoms with Crippen molar-refractivity contribution in [2.75, 3.05) is 19.7 Å². The molecular weight excluding hydrogens is 334 g/mol. The molecule has 134 valence electrons. The molecule has 3 aromatic rings. The molecule has 3 heterocycles. The van der Waals surface area contributed by atoms with Gasteiger partial charge < -0.3 is 19.4 Å². The van der Waals surface area contributed by atoms with Gasteiger partial charge in [0.15, 0.2) is 5.65 Å². The smallest absolute Gasteiger partial charge is 0.410 e. The van der Waals surface area contributed by atoms with E-state index in [1.165, 1.54) is 11.9 Å². The summed E-state index contributed by atoms with van der Waals surface area (Å²) in [6.45, 7) is 3.56. The molecule has 8 heteroatoms. The first-order valence-electron chi connectivity index (χ1n) is 8.43. The molecule has 1 amide bonds. The highest BCUT2D eigenvalue weighted by Gasteiger charge is 2.28. The number of imidazole rings is 1. The number of aromatic nitrogens is 4. The Kier molecular flexibility index (Phi) is 4.49. The van der Waals surface area contributed by atoms with Gasteiger partial charge in [0, 0.05) is 6.54 Å². The molecule has 1 aliphatic rings. The van der Waals surface area contributed by atoms with Gasteiger partial charge in [-0.1, -0.05) is 29.8 Å². The molecule has 1 atom stereocenters. The standard InChI is InChI=1S/C18H19N5O3/c1-12-2-4-13(5-3-12)10-26-18(24)23-6-7-25-15(9-23)17-21-14-8-19-11-20-16(14)22-17/h2-5,8,11,15H,6-7,9-10H2,1H3,(H,19,20,21,22)/t15-/m0/s1. The van der Waals surface area contributed by atoms with Gasteiger partial charge in [-0.25, -0.2) is 19.7 Å². The predicted octanol–water partition coefficient (Wildman–Crippen LogP) is 2.37. The highest BCUT2D eigenvalue weighted by molar-refractivity contribution is 5.69. The van der Waals surface area contributed by atoms with Gasteiger partial charge in [-0.3, -0.25) is 0 Å². The number of nitrogens with zero attached hydrogens (tertiary/aromatic N) is 4. The average molecular weight is 353 g/mol. The lowest BCUT2D eigenvalue weighted by atomic mass is 10.2. The van der Waals surface area contributed by atoms with Gasteiger partial charge in [-0.05, 0) is 12.5 Å². The van der Waals surface area contributed by atoms with Crippen molar-refractivity contribution < 1.29 is 14.3 Å². The number of amides is 1. The van der Waals surface area contributed by atoms with E-state index in [1.54, 1.807) is 11.1 Å². The van der Waals surface area contributed by atoms with E-state index in [1.807, 2.05) is 31.2 Å². The number of ether oxygens (including phenoxy) is 2. The third-order valence-electron chi connectivity index (χ3n) is 4.29. The Balaban J connectivity index is 1.39. The first kappa shape index (κ1) is 16.5. The third-order valence-corrected chi connectivity index (χ3v) is 4.29. The van der Waals surface area contributed by atoms with E-state index in [-0.39, 0.29) is 18.8 Å². The number of carbonyl (C=O) groups is 1. The minimum Gasteiger partial charge on any atom is -0.445 e. The number of aromatic amines is 1. The number of aryl methyl sites for hydroxylation is 1. The van der Waals surface area contributed by atoms with Crippen LogP contribution in [0.4, 0.5) is 4.79 Å². The summed E-state index contributed by atoms with van der Waals surface area (Å²) in [4.78, 5) is 29.7. The molecule has 1 fully saturated rings. The maximum atomic E-state index is 12.4. The van der Waals surface area contributed by atoms with Crippen LogP contribution in [0.25, 0.3) is 11.2 Å². The fraction of sp³-hybridized carbons (Fsp3) is 0.333. The van der Waals surface area contributed by atoms with Crippen molar-refractivity contribution in [3.05, 3.63) is 53.7 Å². The van der Waals surface area contributed by atoms with E-state index in [0.717, 1.165) is 11.1 Å². The number of rotatable bonds is 3. The molecular formula is C18H19N5O3. The third kappa shape index (κ3) is 3.50. The number of H-pyrrole nitrogens is 1. The van der Waals surface area contributed by atoms with Crippen LogP contribution in [0, 0.1) is 6.92 Å². The zero-order valence-electron chi connectivity index (χ0n) is 14.4. The Bertz CT molecular complexity index is 876. The van der Waals surface area contributed by atoms with Crippen molar-refractivity contribution in [3.8, 4) is 0 Å². The number of benzene rings is 1. The quantitative estimate of drug-likeness (QED) is 0.777. The normalized spacial score (nSPS) is 17.4. The molecule has 0 saturated carbocycles. The van der Waals surface area contributed by atoms with Gasteiger partial charge in [-0.2, -0.15) is 0 Å². The monoisotopic (exact) mass is 353 g/mol. The molecule has 0 radical (unpaired) electrons. The van der Waals surface area contributed by atoms with Gasteiger partial charge in [-0.15, -0.1) is 0 Å². The Labute approximate surface area is 150 Å². The molecule has 0 bridgehead atoms. The number of carbonyl (C=O) groups excluding carboxylic acids is 1. The fourth-order valence-corrected chi connectivity index (χ4v) is 2.83. The van der Waals surface area contributed by atoms with Crippen LogP contribution >= 0.6 is 0 Å². The molecule has 0 unspecified atom stereocenters. The average Bonchev–Trinajstić information content (AvgIpc) is 3.12. The minimum atomic E-state index is -0.352. The SMILES string of the molecule is Cc1ccc(COC(=O)N2CCO[C@H](c3nc4ncncc4[nH]3)C2)cc1. The highest BCUT2D eigenvalue weighted by Crippen LogP contribution is 2.22. The van der Waals surface area contributed by atoms with E-state index in [9.17, 15) is 4.79 Å². The predicted molar refractivity (Wildman–Crippen MR) is 93.3 cm³/mol. The van der Waals surface area contributed by atoms with Gasteiger partial charge in [0.1, 0.15) is 30.4 Å². The summed E-state index contributed by atoms with van der Waals surface area (Å²) < 4.78 is 11.2. The Morgan fingerprint density at radius 3 is 3.04 bits per heavy atom. The minimum absolute atomic E-state index is 0.251. The summed E-state index contributed by atoms with van der Waals surface area (Å²) in [5.74, 6) is 0.636. The summed E-state index contributed by atoms with van der Waals surface area (Å²) >= 11 is 0. The van der Waals surface area contributed by atoms with Crippen LogP contribution in [0.15, 0.2) is 36.8 Å². The fourth-order valence-electron chi connectivity index (χ4n) is 2.83. The van der Waals surface area contributed by atoms with Crippen LogP contribution < -0.4 is 0 Å². The first-order valence-corrected chi connectivity index (χ1v) is 8.43. The van der Waals surface area contributed by atoms with E-state index >= 15 is 0 Å². The van der Waals surface area contributed by atoms with E-state index in [4.69, 9.17) is 9.47 Å². The maximum Gasteiger partial charge on any atom is 0.410 e. The molecule has 1 saturated heterocycles. The number of fused-ring (bicyclic) bond motifs is 1. The summed E-state index contributed by atoms with van der Waals surface area (Å²) in [7, 11) is 0. The van der Waals surface area contributed by atoms with Gasteiger partial charge in [0.05, 0.1) is 19.3 Å². The molecule has 4 rings (SSSR count). The van der Waals surface area contributed by atoms with Crippen molar-refractivity contribution in [3.63, 3.8) is 0 Å². The van der Waals surface area contributed by atoms with Crippen LogP contribution in [0.5, 0.6) is 0 Å². The molecule has 0 aliphatic carbocycles. The zero-order chi connectivity index (χ0) is 17.9. The first-order chi connectivity index (χ1) is 12.7. The van der Waals surface area contributed by atoms with Gasteiger partial charge in [0.2, 0.25) is 0 Å². The van der Waals surface area contributed by atoms with Crippen molar-refractivity contribution in [1.82, 2.24) is 24.8 Å². The van der Waals surface area contributed by atoms with Crippen molar-refractivity contribution >= 4 is 17.3 Å². The Morgan fingerprint density at radius 2 is 2.23 bits per heavy atom. The topological polar surface area (TPSA) is 93.2 Å². The van der Waals surface area contributed by atoms with Crippen molar-refractivity contribution in [2.24, 2.45) is 0 Å². The van der Waals surface area contributed by atoms with E-state index < -0.39 is 0 Å². The lowest BCUT2D eigenvalue weighted by molar-refractivity contribution is -0.0330. The van der Waals surface area contributed by atoms with E-state index in [2.05, 4.69) is 19.9 Å². The zero-order valence-corrected chi connectivity index (χ0v) is 14.4. The number of hydrogen-bond acceptors (Lipinski definition) is 6. The lowest BCUT2D eigenvalue weighted by Gasteiger charge is -2.31. The van der Waals surface area contributed by atoms with Gasteiger partial charge in [0.25, 0.3) is 0 Å². The lowest BCUT2D eigenvalue weighted by Crippen LogP contribution is -2.42. The van der Waals surface area contributed by atoms with Crippen LogP contribution in [-0.2, 0) is 16.1 Å². The van der Waals surface area contributed by atoms with Crippen LogP contribution in [0.2, 0.25) is 0 Å². The molecule has 1 aromatic carbocycles. The van der Waals surface area contributed by atoms with Crippen LogP contribution in [0.3, 0.4) is 0 Å². The second-order valence-corrected chi connectivity index (χ2v) is 6.23. The van der Waals surface area contributed by atoms with Crippen molar-refractivity contribution in [2.45, 2.75) is 19.6 Å². The van der Waals surface area contributed by atoms with Crippen LogP contribution in [0.1, 0.15) is 23.1 Å². The molecule has 8 nitrogen and oxygen atoms in total. The summed E-state index contributed by atoms with van der Waals surface area (Å²) in [6, 6.07) is 7.91. The molecule has 26 heavy (non-hydrogen) atoms.